The van der Waals surface area contributed by atoms with Crippen LogP contribution in [0.25, 0.3) is 0 Å². The van der Waals surface area contributed by atoms with Gasteiger partial charge in [-0.25, -0.2) is 9.98 Å². The van der Waals surface area contributed by atoms with E-state index in [1.54, 1.807) is 0 Å². The highest BCUT2D eigenvalue weighted by atomic mass is 16.5. The Hall–Kier alpha value is -2.35. The number of amides is 1. The van der Waals surface area contributed by atoms with Crippen molar-refractivity contribution >= 4 is 17.7 Å². The Morgan fingerprint density at radius 2 is 2.04 bits per heavy atom. The first kappa shape index (κ1) is 19.4. The van der Waals surface area contributed by atoms with Gasteiger partial charge in [0, 0.05) is 50.4 Å². The van der Waals surface area contributed by atoms with Gasteiger partial charge in [-0.15, -0.1) is 0 Å². The predicted octanol–water partition coefficient (Wildman–Crippen LogP) is 0.500. The molecule has 1 saturated heterocycles. The zero-order valence-electron chi connectivity index (χ0n) is 16.0. The summed E-state index contributed by atoms with van der Waals surface area (Å²) in [6, 6.07) is 4.02. The number of ether oxygens (including phenoxy) is 1. The van der Waals surface area contributed by atoms with Gasteiger partial charge in [-0.3, -0.25) is 4.79 Å². The molecular weight excluding hydrogens is 344 g/mol. The quantitative estimate of drug-likeness (QED) is 0.349. The number of nitrogens with one attached hydrogen (secondary N) is 3. The van der Waals surface area contributed by atoms with E-state index in [9.17, 15) is 4.79 Å². The number of nitrogens with zero attached hydrogens (tertiary/aromatic N) is 3. The zero-order valence-corrected chi connectivity index (χ0v) is 16.0. The Labute approximate surface area is 160 Å². The fraction of sp³-hybridized carbons (Fsp3) is 0.632. The van der Waals surface area contributed by atoms with Crippen molar-refractivity contribution in [3.05, 3.63) is 23.9 Å². The smallest absolute Gasteiger partial charge is 0.223 e. The van der Waals surface area contributed by atoms with E-state index in [4.69, 9.17) is 4.74 Å². The number of carbonyl (C=O) groups excluding carboxylic acids is 1. The average molecular weight is 374 g/mol. The summed E-state index contributed by atoms with van der Waals surface area (Å²) in [5.74, 6) is 2.15. The van der Waals surface area contributed by atoms with E-state index in [0.29, 0.717) is 19.6 Å². The average Bonchev–Trinajstić information content (AvgIpc) is 3.55. The Bertz CT molecular complexity index is 641. The van der Waals surface area contributed by atoms with Crippen LogP contribution in [-0.2, 0) is 16.1 Å². The minimum atomic E-state index is 0.171. The third-order valence-corrected chi connectivity index (χ3v) is 4.59. The van der Waals surface area contributed by atoms with Crippen molar-refractivity contribution in [3.63, 3.8) is 0 Å². The van der Waals surface area contributed by atoms with E-state index in [0.717, 1.165) is 63.0 Å². The summed E-state index contributed by atoms with van der Waals surface area (Å²) < 4.78 is 5.43. The van der Waals surface area contributed by atoms with Crippen LogP contribution < -0.4 is 20.9 Å². The van der Waals surface area contributed by atoms with Gasteiger partial charge in [0.1, 0.15) is 5.82 Å². The van der Waals surface area contributed by atoms with E-state index >= 15 is 0 Å². The summed E-state index contributed by atoms with van der Waals surface area (Å²) in [7, 11) is 0. The van der Waals surface area contributed by atoms with Crippen molar-refractivity contribution in [1.82, 2.24) is 20.9 Å². The number of hydrogen-bond acceptors (Lipinski definition) is 5. The maximum absolute atomic E-state index is 11.7. The van der Waals surface area contributed by atoms with Crippen molar-refractivity contribution in [2.24, 2.45) is 10.9 Å². The molecule has 0 bridgehead atoms. The largest absolute Gasteiger partial charge is 0.378 e. The van der Waals surface area contributed by atoms with Gasteiger partial charge in [-0.05, 0) is 25.8 Å². The maximum atomic E-state index is 11.7. The second kappa shape index (κ2) is 10.1. The van der Waals surface area contributed by atoms with Gasteiger partial charge >= 0.3 is 0 Å². The molecule has 3 N–H and O–H groups in total. The number of hydrogen-bond donors (Lipinski definition) is 3. The topological polar surface area (TPSA) is 90.9 Å². The second-order valence-corrected chi connectivity index (χ2v) is 6.77. The minimum absolute atomic E-state index is 0.171. The standard InChI is InChI=1S/C19H30N6O2/c1-2-20-19(23-9-8-22-18(26)15-5-6-15)24-14-16-4-3-7-21-17(16)25-10-12-27-13-11-25/h3-4,7,15H,2,5-6,8-14H2,1H3,(H,22,26)(H2,20,23,24). The first-order valence-electron chi connectivity index (χ1n) is 9.84. The molecule has 1 aliphatic heterocycles. The van der Waals surface area contributed by atoms with Gasteiger partial charge in [-0.2, -0.15) is 0 Å². The van der Waals surface area contributed by atoms with Crippen molar-refractivity contribution in [1.29, 1.82) is 0 Å². The highest BCUT2D eigenvalue weighted by Crippen LogP contribution is 2.28. The molecular formula is C19H30N6O2. The molecule has 8 nitrogen and oxygen atoms in total. The molecule has 3 rings (SSSR count). The van der Waals surface area contributed by atoms with Crippen LogP contribution in [0.15, 0.2) is 23.3 Å². The highest BCUT2D eigenvalue weighted by Gasteiger charge is 2.28. The second-order valence-electron chi connectivity index (χ2n) is 6.77. The fourth-order valence-electron chi connectivity index (χ4n) is 2.98. The van der Waals surface area contributed by atoms with E-state index in [2.05, 4.69) is 36.9 Å². The van der Waals surface area contributed by atoms with E-state index in [-0.39, 0.29) is 11.8 Å². The van der Waals surface area contributed by atoms with Crippen molar-refractivity contribution < 1.29 is 9.53 Å². The van der Waals surface area contributed by atoms with Crippen molar-refractivity contribution in [2.75, 3.05) is 50.8 Å². The molecule has 1 aromatic heterocycles. The number of anilines is 1. The lowest BCUT2D eigenvalue weighted by Crippen LogP contribution is -2.41. The monoisotopic (exact) mass is 374 g/mol. The molecule has 2 heterocycles. The van der Waals surface area contributed by atoms with E-state index in [1.165, 1.54) is 0 Å². The van der Waals surface area contributed by atoms with Gasteiger partial charge in [0.05, 0.1) is 19.8 Å². The van der Waals surface area contributed by atoms with Crippen LogP contribution in [0.4, 0.5) is 5.82 Å². The summed E-state index contributed by atoms with van der Waals surface area (Å²) in [5.41, 5.74) is 1.10. The van der Waals surface area contributed by atoms with Gasteiger partial charge in [0.15, 0.2) is 5.96 Å². The molecule has 0 unspecified atom stereocenters. The van der Waals surface area contributed by atoms with Crippen LogP contribution in [-0.4, -0.2) is 62.8 Å². The van der Waals surface area contributed by atoms with E-state index < -0.39 is 0 Å². The summed E-state index contributed by atoms with van der Waals surface area (Å²) in [5, 5.41) is 9.48. The molecule has 0 spiro atoms. The van der Waals surface area contributed by atoms with Crippen LogP contribution in [0.3, 0.4) is 0 Å². The number of aliphatic imine (C=N–C) groups is 1. The third-order valence-electron chi connectivity index (χ3n) is 4.59. The minimum Gasteiger partial charge on any atom is -0.378 e. The van der Waals surface area contributed by atoms with Crippen molar-refractivity contribution in [3.8, 4) is 0 Å². The van der Waals surface area contributed by atoms with Crippen LogP contribution >= 0.6 is 0 Å². The molecule has 0 radical (unpaired) electrons. The summed E-state index contributed by atoms with van der Waals surface area (Å²) >= 11 is 0. The molecule has 1 saturated carbocycles. The molecule has 1 amide bonds. The number of guanidine groups is 1. The Kier molecular flexibility index (Phi) is 7.27. The van der Waals surface area contributed by atoms with Gasteiger partial charge in [-0.1, -0.05) is 6.07 Å². The van der Waals surface area contributed by atoms with Gasteiger partial charge in [0.2, 0.25) is 5.91 Å². The van der Waals surface area contributed by atoms with Crippen LogP contribution in [0.2, 0.25) is 0 Å². The first-order valence-corrected chi connectivity index (χ1v) is 9.84. The number of pyridine rings is 1. The first-order chi connectivity index (χ1) is 13.3. The summed E-state index contributed by atoms with van der Waals surface area (Å²) in [6.45, 7) is 7.79. The Morgan fingerprint density at radius 1 is 1.26 bits per heavy atom. The van der Waals surface area contributed by atoms with E-state index in [1.807, 2.05) is 19.2 Å². The number of rotatable bonds is 8. The number of morpholine rings is 1. The fourth-order valence-corrected chi connectivity index (χ4v) is 2.98. The SMILES string of the molecule is CCNC(=NCc1cccnc1N1CCOCC1)NCCNC(=O)C1CC1. The highest BCUT2D eigenvalue weighted by molar-refractivity contribution is 5.81. The van der Waals surface area contributed by atoms with Crippen LogP contribution in [0.5, 0.6) is 0 Å². The molecule has 0 aromatic carbocycles. The third kappa shape index (κ3) is 6.09. The van der Waals surface area contributed by atoms with Crippen LogP contribution in [0.1, 0.15) is 25.3 Å². The molecule has 27 heavy (non-hydrogen) atoms. The van der Waals surface area contributed by atoms with Gasteiger partial charge < -0.3 is 25.6 Å². The lowest BCUT2D eigenvalue weighted by Gasteiger charge is -2.29. The molecule has 8 heteroatoms. The predicted molar refractivity (Wildman–Crippen MR) is 106 cm³/mol. The molecule has 1 aromatic rings. The number of aromatic nitrogens is 1. The molecule has 2 fully saturated rings. The molecule has 1 aliphatic carbocycles. The Morgan fingerprint density at radius 3 is 2.78 bits per heavy atom. The number of carbonyl (C=O) groups is 1. The van der Waals surface area contributed by atoms with Gasteiger partial charge in [0.25, 0.3) is 0 Å². The van der Waals surface area contributed by atoms with Crippen molar-refractivity contribution in [2.45, 2.75) is 26.3 Å². The summed E-state index contributed by atoms with van der Waals surface area (Å²) in [4.78, 5) is 23.2. The zero-order chi connectivity index (χ0) is 18.9. The molecule has 0 atom stereocenters. The Balaban J connectivity index is 1.53. The maximum Gasteiger partial charge on any atom is 0.223 e. The summed E-state index contributed by atoms with van der Waals surface area (Å²) in [6.07, 6.45) is 3.88. The lowest BCUT2D eigenvalue weighted by molar-refractivity contribution is -0.122. The lowest BCUT2D eigenvalue weighted by atomic mass is 10.2. The molecule has 148 valence electrons. The normalized spacial score (nSPS) is 17.5. The molecule has 2 aliphatic rings. The van der Waals surface area contributed by atoms with Crippen LogP contribution in [0, 0.1) is 5.92 Å².